The van der Waals surface area contributed by atoms with Crippen molar-refractivity contribution in [2.45, 2.75) is 140 Å². The molecular weight excluding hydrogens is 778 g/mol. The highest BCUT2D eigenvalue weighted by Crippen LogP contribution is 2.48. The summed E-state index contributed by atoms with van der Waals surface area (Å²) in [5.74, 6) is -1.55. The van der Waals surface area contributed by atoms with Crippen LogP contribution in [0.5, 0.6) is 17.4 Å². The van der Waals surface area contributed by atoms with Gasteiger partial charge in [-0.2, -0.15) is 0 Å². The van der Waals surface area contributed by atoms with Gasteiger partial charge in [0.05, 0.1) is 29.5 Å². The Bertz CT molecular complexity index is 2050. The van der Waals surface area contributed by atoms with Crippen LogP contribution in [0.1, 0.15) is 99.3 Å². The van der Waals surface area contributed by atoms with Crippen LogP contribution in [-0.4, -0.2) is 95.9 Å². The predicted octanol–water partition coefficient (Wildman–Crippen LogP) is 5.32. The van der Waals surface area contributed by atoms with Crippen molar-refractivity contribution in [3.63, 3.8) is 0 Å². The first kappa shape index (κ1) is 42.3. The molecule has 3 N–H and O–H groups in total. The molecule has 2 aromatic rings. The second-order valence-electron chi connectivity index (χ2n) is 17.0. The number of amides is 4. The number of carbonyl (C=O) groups excluding carboxylic acids is 4. The van der Waals surface area contributed by atoms with E-state index in [4.69, 9.17) is 30.5 Å². The number of aromatic nitrogens is 1. The molecular formula is C40H54ClN5O10S. The fourth-order valence-corrected chi connectivity index (χ4v) is 8.90. The van der Waals surface area contributed by atoms with Gasteiger partial charge >= 0.3 is 6.09 Å². The van der Waals surface area contributed by atoms with Gasteiger partial charge in [0.25, 0.3) is 5.91 Å². The van der Waals surface area contributed by atoms with Crippen LogP contribution < -0.4 is 29.6 Å². The lowest BCUT2D eigenvalue weighted by molar-refractivity contribution is -0.141. The fourth-order valence-electron chi connectivity index (χ4n) is 7.36. The second-order valence-corrected chi connectivity index (χ2v) is 19.6. The number of pyridine rings is 1. The minimum Gasteiger partial charge on any atom is -0.493 e. The molecule has 3 fully saturated rings. The summed E-state index contributed by atoms with van der Waals surface area (Å²) in [6.45, 7) is 10.4. The standard InChI is InChI=1S/C40H54ClN5O10S/c1-23(2)54-31-20-30(26-15-16-27(41)33(53-7)32(26)43-31)55-25-19-29-34(47)44-40(36(49)45-57(51,52)39(6)17-18-39)21-24(40)13-11-9-8-10-12-14-28(35(48)46(29)22-25)42-37(50)56-38(3,4)5/h11,13,15-16,20,23-25,28-29H,8-10,12,14,17-19,21-22H2,1-7H3,(H,42,50)(H,44,47)(H,45,49). The summed E-state index contributed by atoms with van der Waals surface area (Å²) in [6.07, 6.45) is 6.14. The van der Waals surface area contributed by atoms with E-state index in [-0.39, 0.29) is 37.8 Å². The number of carbonyl (C=O) groups is 4. The van der Waals surface area contributed by atoms with E-state index in [0.29, 0.717) is 53.1 Å². The zero-order valence-corrected chi connectivity index (χ0v) is 35.2. The lowest BCUT2D eigenvalue weighted by Crippen LogP contribution is -2.58. The number of alkyl carbamates (subject to hydrolysis) is 1. The van der Waals surface area contributed by atoms with Gasteiger partial charge in [0, 0.05) is 23.8 Å². The third kappa shape index (κ3) is 9.37. The molecule has 4 aliphatic rings. The molecule has 4 amide bonds. The van der Waals surface area contributed by atoms with Gasteiger partial charge in [-0.25, -0.2) is 18.2 Å². The smallest absolute Gasteiger partial charge is 0.408 e. The van der Waals surface area contributed by atoms with Crippen molar-refractivity contribution >= 4 is 56.3 Å². The number of sulfonamides is 1. The van der Waals surface area contributed by atoms with Gasteiger partial charge in [0.15, 0.2) is 5.75 Å². The summed E-state index contributed by atoms with van der Waals surface area (Å²) in [6, 6.07) is 2.81. The summed E-state index contributed by atoms with van der Waals surface area (Å²) in [5, 5.41) is 6.51. The maximum atomic E-state index is 14.6. The van der Waals surface area contributed by atoms with E-state index in [9.17, 15) is 27.6 Å². The molecule has 5 atom stereocenters. The molecule has 17 heteroatoms. The van der Waals surface area contributed by atoms with Crippen LogP contribution in [-0.2, 0) is 29.1 Å². The highest BCUT2D eigenvalue weighted by Gasteiger charge is 2.63. The van der Waals surface area contributed by atoms with Crippen LogP contribution in [0.3, 0.4) is 0 Å². The molecule has 2 aliphatic heterocycles. The van der Waals surface area contributed by atoms with Crippen molar-refractivity contribution in [2.24, 2.45) is 5.92 Å². The molecule has 0 spiro atoms. The highest BCUT2D eigenvalue weighted by molar-refractivity contribution is 7.91. The molecule has 1 aromatic heterocycles. The molecule has 5 unspecified atom stereocenters. The number of ether oxygens (including phenoxy) is 4. The Morgan fingerprint density at radius 1 is 1.12 bits per heavy atom. The molecule has 0 bridgehead atoms. The van der Waals surface area contributed by atoms with E-state index in [1.807, 2.05) is 26.0 Å². The van der Waals surface area contributed by atoms with Gasteiger partial charge in [-0.05, 0) is 92.2 Å². The van der Waals surface area contributed by atoms with Crippen LogP contribution in [0.2, 0.25) is 5.02 Å². The number of nitrogens with zero attached hydrogens (tertiary/aromatic N) is 2. The van der Waals surface area contributed by atoms with Crippen LogP contribution in [0, 0.1) is 5.92 Å². The second kappa shape index (κ2) is 16.1. The minimum atomic E-state index is -4.01. The molecule has 2 saturated carbocycles. The Hall–Kier alpha value is -4.31. The first-order valence-electron chi connectivity index (χ1n) is 19.6. The number of hydrogen-bond donors (Lipinski definition) is 3. The average molecular weight is 832 g/mol. The normalized spacial score (nSPS) is 26.3. The first-order valence-corrected chi connectivity index (χ1v) is 21.5. The van der Waals surface area contributed by atoms with Crippen molar-refractivity contribution in [1.29, 1.82) is 0 Å². The Labute approximate surface area is 339 Å². The molecule has 15 nitrogen and oxygen atoms in total. The number of hydrogen-bond acceptors (Lipinski definition) is 11. The average Bonchev–Trinajstić information content (AvgIpc) is 3.99. The summed E-state index contributed by atoms with van der Waals surface area (Å²) in [7, 11) is -2.54. The predicted molar refractivity (Wildman–Crippen MR) is 213 cm³/mol. The number of benzene rings is 1. The van der Waals surface area contributed by atoms with Gasteiger partial charge in [0.2, 0.25) is 27.7 Å². The number of halogens is 1. The Morgan fingerprint density at radius 2 is 1.86 bits per heavy atom. The van der Waals surface area contributed by atoms with E-state index in [2.05, 4.69) is 20.3 Å². The van der Waals surface area contributed by atoms with Gasteiger partial charge in [-0.3, -0.25) is 19.1 Å². The zero-order chi connectivity index (χ0) is 41.5. The zero-order valence-electron chi connectivity index (χ0n) is 33.6. The molecule has 6 rings (SSSR count). The summed E-state index contributed by atoms with van der Waals surface area (Å²) in [5.41, 5.74) is -1.99. The van der Waals surface area contributed by atoms with Crippen molar-refractivity contribution < 1.29 is 46.5 Å². The molecule has 57 heavy (non-hydrogen) atoms. The Kier molecular flexibility index (Phi) is 12.0. The topological polar surface area (TPSA) is 192 Å². The molecule has 2 aliphatic carbocycles. The largest absolute Gasteiger partial charge is 0.493 e. The minimum absolute atomic E-state index is 0.000216. The lowest BCUT2D eigenvalue weighted by atomic mass is 10.0. The third-order valence-electron chi connectivity index (χ3n) is 10.8. The number of nitrogens with one attached hydrogen (secondary N) is 3. The molecule has 312 valence electrons. The summed E-state index contributed by atoms with van der Waals surface area (Å²) >= 11 is 6.46. The van der Waals surface area contributed by atoms with Crippen LogP contribution in [0.25, 0.3) is 10.9 Å². The van der Waals surface area contributed by atoms with Gasteiger partial charge in [-0.15, -0.1) is 0 Å². The number of allylic oxidation sites excluding steroid dienone is 1. The quantitative estimate of drug-likeness (QED) is 0.277. The molecule has 1 aromatic carbocycles. The highest BCUT2D eigenvalue weighted by atomic mass is 35.5. The van der Waals surface area contributed by atoms with Crippen molar-refractivity contribution in [1.82, 2.24) is 25.2 Å². The molecule has 3 heterocycles. The Balaban J connectivity index is 1.36. The van der Waals surface area contributed by atoms with Crippen molar-refractivity contribution in [2.75, 3.05) is 13.7 Å². The number of rotatable bonds is 9. The van der Waals surface area contributed by atoms with Crippen LogP contribution in [0.15, 0.2) is 30.4 Å². The molecule has 1 saturated heterocycles. The van der Waals surface area contributed by atoms with Gasteiger partial charge in [-0.1, -0.05) is 36.6 Å². The summed E-state index contributed by atoms with van der Waals surface area (Å²) < 4.78 is 51.3. The number of fused-ring (bicyclic) bond motifs is 3. The lowest BCUT2D eigenvalue weighted by Gasteiger charge is -2.30. The maximum absolute atomic E-state index is 14.6. The van der Waals surface area contributed by atoms with Gasteiger partial charge < -0.3 is 34.5 Å². The van der Waals surface area contributed by atoms with E-state index in [1.165, 1.54) is 12.0 Å². The van der Waals surface area contributed by atoms with Crippen molar-refractivity contribution in [3.05, 3.63) is 35.4 Å². The van der Waals surface area contributed by atoms with Crippen LogP contribution in [0.4, 0.5) is 4.79 Å². The van der Waals surface area contributed by atoms with E-state index >= 15 is 0 Å². The monoisotopic (exact) mass is 831 g/mol. The van der Waals surface area contributed by atoms with E-state index in [1.54, 1.807) is 45.9 Å². The Morgan fingerprint density at radius 3 is 2.53 bits per heavy atom. The SMILES string of the molecule is COc1c(Cl)ccc2c(OC3CC4C(=O)NC5(C(=O)NS(=O)(=O)C6(C)CC6)CC5C=CCCCCCC(NC(=O)OC(C)(C)C)C(=O)N4C3)cc(OC(C)C)nc12. The van der Waals surface area contributed by atoms with E-state index < -0.39 is 73.8 Å². The summed E-state index contributed by atoms with van der Waals surface area (Å²) in [4.78, 5) is 62.1. The van der Waals surface area contributed by atoms with Crippen molar-refractivity contribution in [3.8, 4) is 17.4 Å². The van der Waals surface area contributed by atoms with E-state index in [0.717, 1.165) is 12.8 Å². The first-order chi connectivity index (χ1) is 26.8. The fraction of sp³-hybridized carbons (Fsp3) is 0.625. The van der Waals surface area contributed by atoms with Gasteiger partial charge in [0.1, 0.15) is 40.6 Å². The third-order valence-corrected chi connectivity index (χ3v) is 13.3. The number of methoxy groups -OCH3 is 1. The molecule has 0 radical (unpaired) electrons. The van der Waals surface area contributed by atoms with Crippen LogP contribution >= 0.6 is 11.6 Å². The maximum Gasteiger partial charge on any atom is 0.408 e.